The fourth-order valence-corrected chi connectivity index (χ4v) is 3.70. The number of hydrogen-bond acceptors (Lipinski definition) is 6. The third-order valence-corrected chi connectivity index (χ3v) is 5.83. The van der Waals surface area contributed by atoms with Crippen LogP contribution in [0.4, 0.5) is 0 Å². The van der Waals surface area contributed by atoms with E-state index < -0.39 is 12.1 Å². The third-order valence-electron chi connectivity index (χ3n) is 5.83. The highest BCUT2D eigenvalue weighted by Gasteiger charge is 2.20. The Labute approximate surface area is 222 Å². The van der Waals surface area contributed by atoms with Gasteiger partial charge in [-0.25, -0.2) is 4.79 Å². The van der Waals surface area contributed by atoms with Gasteiger partial charge in [0.25, 0.3) is 0 Å². The molecule has 7 nitrogen and oxygen atoms in total. The maximum Gasteiger partial charge on any atom is 0.345 e. The molecule has 0 aliphatic rings. The monoisotopic (exact) mass is 510 g/mol. The lowest BCUT2D eigenvalue weighted by Crippen LogP contribution is -2.29. The van der Waals surface area contributed by atoms with Crippen molar-refractivity contribution in [1.29, 1.82) is 0 Å². The maximum absolute atomic E-state index is 11.7. The summed E-state index contributed by atoms with van der Waals surface area (Å²) in [5, 5.41) is 13.7. The molecule has 0 spiro atoms. The number of aryl methyl sites for hydroxylation is 1. The van der Waals surface area contributed by atoms with Gasteiger partial charge >= 0.3 is 5.97 Å². The van der Waals surface area contributed by atoms with Crippen molar-refractivity contribution < 1.29 is 24.2 Å². The molecule has 1 unspecified atom stereocenters. The van der Waals surface area contributed by atoms with Gasteiger partial charge in [-0.05, 0) is 61.4 Å². The molecule has 4 aromatic rings. The summed E-state index contributed by atoms with van der Waals surface area (Å²) in [4.78, 5) is 21.5. The van der Waals surface area contributed by atoms with Crippen LogP contribution >= 0.6 is 0 Å². The highest BCUT2D eigenvalue weighted by atomic mass is 16.6. The molecular weight excluding hydrogens is 480 g/mol. The molecule has 194 valence electrons. The van der Waals surface area contributed by atoms with Gasteiger partial charge in [0.2, 0.25) is 0 Å². The van der Waals surface area contributed by atoms with E-state index in [1.165, 1.54) is 0 Å². The standard InChI is InChI=1S/C31H30N2O5/c1-22-6-14-28(15-7-22)38-30(31(34)35)21-24-8-16-27(17-9-24)36-19-20-37-33-23(2)25-10-12-26(13-11-25)29-5-3-4-18-32-29/h3-18,30H,19-21H2,1-2H3,(H,34,35). The Morgan fingerprint density at radius 2 is 1.61 bits per heavy atom. The Balaban J connectivity index is 1.21. The number of carboxylic acid groups (broad SMARTS) is 1. The second kappa shape index (κ2) is 13.1. The van der Waals surface area contributed by atoms with E-state index in [-0.39, 0.29) is 13.0 Å². The fraction of sp³-hybridized carbons (Fsp3) is 0.194. The van der Waals surface area contributed by atoms with Crippen LogP contribution in [0.1, 0.15) is 23.6 Å². The molecule has 7 heteroatoms. The molecule has 1 atom stereocenters. The van der Waals surface area contributed by atoms with Gasteiger partial charge in [-0.1, -0.05) is 65.3 Å². The van der Waals surface area contributed by atoms with E-state index in [1.54, 1.807) is 30.5 Å². The van der Waals surface area contributed by atoms with Crippen molar-refractivity contribution in [3.8, 4) is 22.8 Å². The molecule has 0 radical (unpaired) electrons. The molecule has 0 saturated heterocycles. The van der Waals surface area contributed by atoms with Crippen molar-refractivity contribution in [3.63, 3.8) is 0 Å². The van der Waals surface area contributed by atoms with Gasteiger partial charge in [-0.3, -0.25) is 4.98 Å². The van der Waals surface area contributed by atoms with E-state index in [1.807, 2.05) is 80.6 Å². The van der Waals surface area contributed by atoms with Crippen molar-refractivity contribution in [2.45, 2.75) is 26.4 Å². The van der Waals surface area contributed by atoms with Crippen LogP contribution in [0.2, 0.25) is 0 Å². The van der Waals surface area contributed by atoms with Crippen LogP contribution in [0, 0.1) is 6.92 Å². The summed E-state index contributed by atoms with van der Waals surface area (Å²) >= 11 is 0. The lowest BCUT2D eigenvalue weighted by atomic mass is 10.1. The number of carboxylic acids is 1. The van der Waals surface area contributed by atoms with Crippen molar-refractivity contribution in [3.05, 3.63) is 114 Å². The van der Waals surface area contributed by atoms with E-state index in [9.17, 15) is 9.90 Å². The Bertz CT molecular complexity index is 1340. The second-order valence-electron chi connectivity index (χ2n) is 8.76. The van der Waals surface area contributed by atoms with Gasteiger partial charge in [-0.2, -0.15) is 0 Å². The average Bonchev–Trinajstić information content (AvgIpc) is 2.95. The van der Waals surface area contributed by atoms with Crippen molar-refractivity contribution >= 4 is 11.7 Å². The summed E-state index contributed by atoms with van der Waals surface area (Å²) in [5.74, 6) is 0.180. The highest BCUT2D eigenvalue weighted by molar-refractivity contribution is 5.98. The SMILES string of the molecule is CC(=NOCCOc1ccc(CC(Oc2ccc(C)cc2)C(=O)O)cc1)c1ccc(-c2ccccn2)cc1. The van der Waals surface area contributed by atoms with E-state index in [4.69, 9.17) is 14.3 Å². The molecule has 1 aromatic heterocycles. The van der Waals surface area contributed by atoms with Crippen LogP contribution in [0.15, 0.2) is 102 Å². The van der Waals surface area contributed by atoms with Crippen LogP contribution in [0.3, 0.4) is 0 Å². The van der Waals surface area contributed by atoms with Crippen molar-refractivity contribution in [2.24, 2.45) is 5.16 Å². The fourth-order valence-electron chi connectivity index (χ4n) is 3.70. The molecule has 3 aromatic carbocycles. The maximum atomic E-state index is 11.7. The first kappa shape index (κ1) is 26.4. The molecule has 1 heterocycles. The van der Waals surface area contributed by atoms with Crippen molar-refractivity contribution in [1.82, 2.24) is 4.98 Å². The first-order valence-corrected chi connectivity index (χ1v) is 12.3. The lowest BCUT2D eigenvalue weighted by Gasteiger charge is -2.15. The molecule has 0 saturated carbocycles. The zero-order chi connectivity index (χ0) is 26.7. The average molecular weight is 511 g/mol. The van der Waals surface area contributed by atoms with Crippen LogP contribution in [0.5, 0.6) is 11.5 Å². The minimum Gasteiger partial charge on any atom is -0.490 e. The van der Waals surface area contributed by atoms with Gasteiger partial charge in [0, 0.05) is 18.2 Å². The Kier molecular flexibility index (Phi) is 9.07. The van der Waals surface area contributed by atoms with E-state index in [0.29, 0.717) is 18.1 Å². The predicted octanol–water partition coefficient (Wildman–Crippen LogP) is 5.95. The van der Waals surface area contributed by atoms with E-state index in [2.05, 4.69) is 10.1 Å². The number of nitrogens with zero attached hydrogens (tertiary/aromatic N) is 2. The summed E-state index contributed by atoms with van der Waals surface area (Å²) in [7, 11) is 0. The number of carbonyl (C=O) groups is 1. The summed E-state index contributed by atoms with van der Waals surface area (Å²) in [6.45, 7) is 4.47. The first-order valence-electron chi connectivity index (χ1n) is 12.3. The predicted molar refractivity (Wildman–Crippen MR) is 147 cm³/mol. The summed E-state index contributed by atoms with van der Waals surface area (Å²) < 4.78 is 11.4. The number of oxime groups is 1. The summed E-state index contributed by atoms with van der Waals surface area (Å²) in [5.41, 5.74) is 5.61. The van der Waals surface area contributed by atoms with E-state index in [0.717, 1.165) is 33.7 Å². The van der Waals surface area contributed by atoms with Gasteiger partial charge in [-0.15, -0.1) is 0 Å². The molecule has 4 rings (SSSR count). The van der Waals surface area contributed by atoms with Crippen molar-refractivity contribution in [2.75, 3.05) is 13.2 Å². The van der Waals surface area contributed by atoms with Gasteiger partial charge in [0.1, 0.15) is 18.1 Å². The minimum absolute atomic E-state index is 0.240. The topological polar surface area (TPSA) is 90.2 Å². The molecule has 0 fully saturated rings. The molecule has 0 bridgehead atoms. The Hall–Kier alpha value is -4.65. The second-order valence-corrected chi connectivity index (χ2v) is 8.76. The molecule has 38 heavy (non-hydrogen) atoms. The minimum atomic E-state index is -1.01. The number of rotatable bonds is 12. The number of hydrogen-bond donors (Lipinski definition) is 1. The summed E-state index contributed by atoms with van der Waals surface area (Å²) in [6.07, 6.45) is 1.03. The highest BCUT2D eigenvalue weighted by Crippen LogP contribution is 2.19. The molecule has 0 aliphatic carbocycles. The third kappa shape index (κ3) is 7.67. The normalized spacial score (nSPS) is 12.0. The summed E-state index contributed by atoms with van der Waals surface area (Å²) in [6, 6.07) is 28.4. The zero-order valence-corrected chi connectivity index (χ0v) is 21.4. The van der Waals surface area contributed by atoms with Crippen LogP contribution in [-0.2, 0) is 16.1 Å². The largest absolute Gasteiger partial charge is 0.490 e. The Morgan fingerprint density at radius 1 is 0.895 bits per heavy atom. The molecule has 0 aliphatic heterocycles. The Morgan fingerprint density at radius 3 is 2.26 bits per heavy atom. The zero-order valence-electron chi connectivity index (χ0n) is 21.4. The lowest BCUT2D eigenvalue weighted by molar-refractivity contribution is -0.145. The van der Waals surface area contributed by atoms with Crippen LogP contribution < -0.4 is 9.47 Å². The van der Waals surface area contributed by atoms with Gasteiger partial charge in [0.05, 0.1) is 11.4 Å². The number of aromatic nitrogens is 1. The molecular formula is C31H30N2O5. The van der Waals surface area contributed by atoms with Gasteiger partial charge < -0.3 is 19.4 Å². The first-order chi connectivity index (χ1) is 18.5. The van der Waals surface area contributed by atoms with Gasteiger partial charge in [0.15, 0.2) is 12.7 Å². The van der Waals surface area contributed by atoms with Crippen LogP contribution in [-0.4, -0.2) is 41.1 Å². The quantitative estimate of drug-likeness (QED) is 0.144. The number of pyridine rings is 1. The number of aliphatic carboxylic acids is 1. The number of benzene rings is 3. The molecule has 1 N–H and O–H groups in total. The number of ether oxygens (including phenoxy) is 2. The molecule has 0 amide bonds. The van der Waals surface area contributed by atoms with Crippen LogP contribution in [0.25, 0.3) is 11.3 Å². The van der Waals surface area contributed by atoms with E-state index >= 15 is 0 Å². The smallest absolute Gasteiger partial charge is 0.345 e.